The number of alkyl halides is 6. The van der Waals surface area contributed by atoms with E-state index in [2.05, 4.69) is 5.32 Å². The molecule has 0 bridgehead atoms. The van der Waals surface area contributed by atoms with Crippen LogP contribution in [0, 0.1) is 11.8 Å². The summed E-state index contributed by atoms with van der Waals surface area (Å²) in [6.07, 6.45) is -5.98. The highest BCUT2D eigenvalue weighted by molar-refractivity contribution is 5.82. The zero-order valence-corrected chi connectivity index (χ0v) is 20.6. The normalized spacial score (nSPS) is 26.2. The summed E-state index contributed by atoms with van der Waals surface area (Å²) < 4.78 is 86.0. The van der Waals surface area contributed by atoms with Gasteiger partial charge in [0, 0.05) is 12.3 Å². The molecule has 2 aliphatic rings. The Morgan fingerprint density at radius 3 is 2.16 bits per heavy atom. The molecule has 0 amide bonds. The van der Waals surface area contributed by atoms with Crippen molar-refractivity contribution < 1.29 is 35.9 Å². The molecule has 1 saturated carbocycles. The maximum Gasteiger partial charge on any atom is 0.416 e. The van der Waals surface area contributed by atoms with Gasteiger partial charge in [-0.2, -0.15) is 26.3 Å². The largest absolute Gasteiger partial charge is 0.416 e. The number of ketones is 1. The standard InChI is InChI=1S/C28H31F6NO2/c1-18(20-13-22(27(29,30)31)15-23(14-20)28(32,33)34)37-17-26(21-7-3-2-4-8-21)12-11-19(16-35-26)24-9-5-6-10-25(24)36/h2-4,7-8,13-15,18-19,24,35H,5-6,9-12,16-17H2,1H3/t18-,19+,24?,26-/m1/s1. The Labute approximate surface area is 212 Å². The molecule has 9 heteroatoms. The fourth-order valence-corrected chi connectivity index (χ4v) is 5.59. The molecule has 0 aromatic heterocycles. The molecule has 37 heavy (non-hydrogen) atoms. The Morgan fingerprint density at radius 2 is 1.62 bits per heavy atom. The number of nitrogens with one attached hydrogen (secondary N) is 1. The molecule has 2 aromatic rings. The van der Waals surface area contributed by atoms with E-state index in [1.54, 1.807) is 0 Å². The van der Waals surface area contributed by atoms with Gasteiger partial charge in [-0.15, -0.1) is 0 Å². The second-order valence-electron chi connectivity index (χ2n) is 10.2. The highest BCUT2D eigenvalue weighted by Gasteiger charge is 2.42. The molecule has 0 radical (unpaired) electrons. The predicted octanol–water partition coefficient (Wildman–Crippen LogP) is 7.46. The maximum absolute atomic E-state index is 13.3. The van der Waals surface area contributed by atoms with Crippen molar-refractivity contribution in [1.82, 2.24) is 5.32 Å². The zero-order valence-electron chi connectivity index (χ0n) is 20.6. The summed E-state index contributed by atoms with van der Waals surface area (Å²) in [6, 6.07) is 11.0. The van der Waals surface area contributed by atoms with E-state index in [4.69, 9.17) is 4.74 Å². The first-order valence-electron chi connectivity index (χ1n) is 12.6. The third-order valence-electron chi connectivity index (χ3n) is 7.80. The van der Waals surface area contributed by atoms with Crippen LogP contribution in [0.15, 0.2) is 48.5 Å². The predicted molar refractivity (Wildman–Crippen MR) is 127 cm³/mol. The Balaban J connectivity index is 1.54. The summed E-state index contributed by atoms with van der Waals surface area (Å²) in [6.45, 7) is 2.10. The van der Waals surface area contributed by atoms with E-state index in [-0.39, 0.29) is 30.1 Å². The number of rotatable bonds is 6. The van der Waals surface area contributed by atoms with Gasteiger partial charge in [-0.1, -0.05) is 36.8 Å². The van der Waals surface area contributed by atoms with E-state index < -0.39 is 35.1 Å². The molecule has 2 fully saturated rings. The average molecular weight is 528 g/mol. The van der Waals surface area contributed by atoms with Gasteiger partial charge in [0.15, 0.2) is 0 Å². The van der Waals surface area contributed by atoms with Gasteiger partial charge < -0.3 is 10.1 Å². The van der Waals surface area contributed by atoms with Gasteiger partial charge in [-0.3, -0.25) is 4.79 Å². The Bertz CT molecular complexity index is 1040. The van der Waals surface area contributed by atoms with Crippen LogP contribution in [-0.2, 0) is 27.4 Å². The lowest BCUT2D eigenvalue weighted by Crippen LogP contribution is -2.53. The van der Waals surface area contributed by atoms with Crippen LogP contribution in [0.2, 0.25) is 0 Å². The minimum Gasteiger partial charge on any atom is -0.372 e. The molecule has 1 aliphatic carbocycles. The lowest BCUT2D eigenvalue weighted by Gasteiger charge is -2.44. The highest BCUT2D eigenvalue weighted by atomic mass is 19.4. The number of piperidine rings is 1. The van der Waals surface area contributed by atoms with Crippen LogP contribution in [0.1, 0.15) is 73.8 Å². The monoisotopic (exact) mass is 527 g/mol. The van der Waals surface area contributed by atoms with E-state index in [1.807, 2.05) is 30.3 Å². The number of Topliss-reactive ketones (excluding diaryl/α,β-unsaturated/α-hetero) is 1. The summed E-state index contributed by atoms with van der Waals surface area (Å²) in [4.78, 5) is 12.5. The van der Waals surface area contributed by atoms with Crippen molar-refractivity contribution >= 4 is 5.78 Å². The summed E-state index contributed by atoms with van der Waals surface area (Å²) in [7, 11) is 0. The Hall–Kier alpha value is -2.39. The molecule has 1 saturated heterocycles. The number of ether oxygens (including phenoxy) is 1. The van der Waals surface area contributed by atoms with E-state index in [0.29, 0.717) is 37.3 Å². The first-order valence-corrected chi connectivity index (χ1v) is 12.6. The minimum atomic E-state index is -4.92. The summed E-state index contributed by atoms with van der Waals surface area (Å²) in [5.74, 6) is 0.529. The van der Waals surface area contributed by atoms with Gasteiger partial charge in [-0.05, 0) is 74.4 Å². The molecular weight excluding hydrogens is 496 g/mol. The maximum atomic E-state index is 13.3. The molecule has 2 aromatic carbocycles. The molecule has 1 aliphatic heterocycles. The zero-order chi connectivity index (χ0) is 26.8. The van der Waals surface area contributed by atoms with Gasteiger partial charge in [0.25, 0.3) is 0 Å². The van der Waals surface area contributed by atoms with Gasteiger partial charge in [0.1, 0.15) is 5.78 Å². The van der Waals surface area contributed by atoms with Crippen molar-refractivity contribution in [3.8, 4) is 0 Å². The molecule has 4 rings (SSSR count). The molecule has 1 unspecified atom stereocenters. The van der Waals surface area contributed by atoms with Crippen molar-refractivity contribution in [3.63, 3.8) is 0 Å². The highest BCUT2D eigenvalue weighted by Crippen LogP contribution is 2.41. The molecule has 3 nitrogen and oxygen atoms in total. The van der Waals surface area contributed by atoms with E-state index in [0.717, 1.165) is 31.2 Å². The SMILES string of the molecule is C[C@@H](OC[C@@]1(c2ccccc2)CC[C@H](C2CCCCC2=O)CN1)c1cc(C(F)(F)F)cc(C(F)(F)F)c1. The third kappa shape index (κ3) is 6.37. The van der Waals surface area contributed by atoms with Crippen LogP contribution in [0.25, 0.3) is 0 Å². The van der Waals surface area contributed by atoms with Crippen LogP contribution < -0.4 is 5.32 Å². The quantitative estimate of drug-likeness (QED) is 0.397. The van der Waals surface area contributed by atoms with Crippen molar-refractivity contribution in [2.75, 3.05) is 13.2 Å². The first-order chi connectivity index (χ1) is 17.4. The molecule has 202 valence electrons. The van der Waals surface area contributed by atoms with Crippen LogP contribution >= 0.6 is 0 Å². The molecular formula is C28H31F6NO2. The summed E-state index contributed by atoms with van der Waals surface area (Å²) in [5, 5.41) is 3.56. The van der Waals surface area contributed by atoms with Crippen LogP contribution in [0.3, 0.4) is 0 Å². The van der Waals surface area contributed by atoms with Crippen LogP contribution in [0.5, 0.6) is 0 Å². The molecule has 0 spiro atoms. The van der Waals surface area contributed by atoms with Gasteiger partial charge in [-0.25, -0.2) is 0 Å². The molecule has 1 N–H and O–H groups in total. The first kappa shape index (κ1) is 27.6. The van der Waals surface area contributed by atoms with Crippen LogP contribution in [0.4, 0.5) is 26.3 Å². The number of carbonyl (C=O) groups excluding carboxylic acids is 1. The van der Waals surface area contributed by atoms with Crippen molar-refractivity contribution in [2.24, 2.45) is 11.8 Å². The minimum absolute atomic E-state index is 0.0285. The third-order valence-corrected chi connectivity index (χ3v) is 7.80. The fraction of sp³-hybridized carbons (Fsp3) is 0.536. The van der Waals surface area contributed by atoms with Gasteiger partial charge in [0.2, 0.25) is 0 Å². The topological polar surface area (TPSA) is 38.3 Å². The summed E-state index contributed by atoms with van der Waals surface area (Å²) >= 11 is 0. The van der Waals surface area contributed by atoms with E-state index >= 15 is 0 Å². The number of benzene rings is 2. The van der Waals surface area contributed by atoms with Crippen LogP contribution in [-0.4, -0.2) is 18.9 Å². The number of halogens is 6. The van der Waals surface area contributed by atoms with Gasteiger partial charge in [0.05, 0.1) is 29.4 Å². The second-order valence-corrected chi connectivity index (χ2v) is 10.2. The lowest BCUT2D eigenvalue weighted by atomic mass is 9.71. The lowest BCUT2D eigenvalue weighted by molar-refractivity contribution is -0.143. The van der Waals surface area contributed by atoms with Gasteiger partial charge >= 0.3 is 12.4 Å². The average Bonchev–Trinajstić information content (AvgIpc) is 2.87. The van der Waals surface area contributed by atoms with E-state index in [9.17, 15) is 31.1 Å². The number of hydrogen-bond acceptors (Lipinski definition) is 3. The Kier molecular flexibility index (Phi) is 8.04. The second kappa shape index (κ2) is 10.8. The van der Waals surface area contributed by atoms with Crippen molar-refractivity contribution in [3.05, 3.63) is 70.8 Å². The molecule has 4 atom stereocenters. The van der Waals surface area contributed by atoms with Crippen molar-refractivity contribution in [2.45, 2.75) is 69.4 Å². The fourth-order valence-electron chi connectivity index (χ4n) is 5.59. The molecule has 1 heterocycles. The summed E-state index contributed by atoms with van der Waals surface area (Å²) in [5.41, 5.74) is -2.65. The Morgan fingerprint density at radius 1 is 0.973 bits per heavy atom. The number of hydrogen-bond donors (Lipinski definition) is 1. The smallest absolute Gasteiger partial charge is 0.372 e. The number of carbonyl (C=O) groups is 1. The van der Waals surface area contributed by atoms with E-state index in [1.165, 1.54) is 6.92 Å². The van der Waals surface area contributed by atoms with Crippen molar-refractivity contribution in [1.29, 1.82) is 0 Å².